The number of hydrogen-bond acceptors (Lipinski definition) is 4. The lowest BCUT2D eigenvalue weighted by Gasteiger charge is -2.28. The van der Waals surface area contributed by atoms with Gasteiger partial charge in [0.15, 0.2) is 5.78 Å². The first-order valence-corrected chi connectivity index (χ1v) is 14.9. The summed E-state index contributed by atoms with van der Waals surface area (Å²) in [4.78, 5) is 43.4. The zero-order chi connectivity index (χ0) is 31.1. The summed E-state index contributed by atoms with van der Waals surface area (Å²) >= 11 is 10.1. The maximum Gasteiger partial charge on any atom is 0.320 e. The predicted molar refractivity (Wildman–Crippen MR) is 164 cm³/mol. The molecular formula is C33H23BrClF2N3O4. The minimum Gasteiger partial charge on any atom is -0.497 e. The number of Topliss-reactive ketones (excluding diaryl/α,β-unsaturated/α-hetero) is 1. The summed E-state index contributed by atoms with van der Waals surface area (Å²) in [5.41, 5.74) is 6.65. The monoisotopic (exact) mass is 677 g/mol. The van der Waals surface area contributed by atoms with Crippen molar-refractivity contribution < 1.29 is 27.9 Å². The van der Waals surface area contributed by atoms with Crippen LogP contribution >= 0.6 is 27.5 Å². The van der Waals surface area contributed by atoms with E-state index in [1.54, 1.807) is 36.3 Å². The molecule has 1 spiro atoms. The first-order valence-electron chi connectivity index (χ1n) is 13.8. The van der Waals surface area contributed by atoms with Gasteiger partial charge in [0.25, 0.3) is 5.91 Å². The summed E-state index contributed by atoms with van der Waals surface area (Å²) in [5, 5.41) is 0.206. The van der Waals surface area contributed by atoms with E-state index >= 15 is 4.39 Å². The highest BCUT2D eigenvalue weighted by Gasteiger charge is 2.62. The molecule has 0 aromatic heterocycles. The van der Waals surface area contributed by atoms with Gasteiger partial charge < -0.3 is 15.4 Å². The summed E-state index contributed by atoms with van der Waals surface area (Å²) in [6.45, 7) is 0.110. The van der Waals surface area contributed by atoms with Gasteiger partial charge >= 0.3 is 6.03 Å². The summed E-state index contributed by atoms with van der Waals surface area (Å²) in [6.07, 6.45) is 0.799. The number of ether oxygens (including phenoxy) is 1. The molecule has 7 nitrogen and oxygen atoms in total. The molecule has 3 amide bonds. The fourth-order valence-electron chi connectivity index (χ4n) is 6.57. The molecule has 1 saturated carbocycles. The standard InChI is InChI=1S/C33H23BrClF2N3O4/c1-44-19-5-2-16(3-6-19)15-39-29(20-14-18(36)4-7-23(20)35)26-21(12-17(34)13-22(26)31(39)42)27-24(37)8-9-25-28(27)30(41)33(10-11-33)40(25)32(38)43/h2-9,12-14,29H,10-11,15H2,1H3,(H2,38,43). The first kappa shape index (κ1) is 28.5. The molecule has 3 aliphatic rings. The lowest BCUT2D eigenvalue weighted by Crippen LogP contribution is -2.45. The summed E-state index contributed by atoms with van der Waals surface area (Å²) in [5.74, 6) is -1.44. The third-order valence-corrected chi connectivity index (χ3v) is 9.45. The number of ketones is 1. The van der Waals surface area contributed by atoms with Crippen molar-refractivity contribution in [2.24, 2.45) is 5.73 Å². The summed E-state index contributed by atoms with van der Waals surface area (Å²) in [6, 6.07) is 15.1. The molecule has 2 heterocycles. The van der Waals surface area contributed by atoms with E-state index in [4.69, 9.17) is 22.1 Å². The van der Waals surface area contributed by atoms with Gasteiger partial charge in [-0.15, -0.1) is 0 Å². The number of methoxy groups -OCH3 is 1. The highest BCUT2D eigenvalue weighted by atomic mass is 79.9. The van der Waals surface area contributed by atoms with Gasteiger partial charge in [-0.2, -0.15) is 0 Å². The zero-order valence-corrected chi connectivity index (χ0v) is 25.5. The van der Waals surface area contributed by atoms with Gasteiger partial charge in [-0.05, 0) is 84.1 Å². The van der Waals surface area contributed by atoms with E-state index in [2.05, 4.69) is 15.9 Å². The van der Waals surface area contributed by atoms with Crippen LogP contribution < -0.4 is 15.4 Å². The third-order valence-electron chi connectivity index (χ3n) is 8.65. The van der Waals surface area contributed by atoms with E-state index in [0.717, 1.165) is 5.56 Å². The molecule has 11 heteroatoms. The van der Waals surface area contributed by atoms with Gasteiger partial charge in [0.1, 0.15) is 22.9 Å². The van der Waals surface area contributed by atoms with Gasteiger partial charge in [0.05, 0.1) is 24.4 Å². The Labute approximate surface area is 264 Å². The Morgan fingerprint density at radius 2 is 1.73 bits per heavy atom. The Morgan fingerprint density at radius 3 is 2.39 bits per heavy atom. The van der Waals surface area contributed by atoms with Crippen molar-refractivity contribution in [2.45, 2.75) is 31.0 Å². The van der Waals surface area contributed by atoms with Crippen molar-refractivity contribution in [3.8, 4) is 16.9 Å². The number of halogens is 4. The highest BCUT2D eigenvalue weighted by molar-refractivity contribution is 9.10. The Hall–Kier alpha value is -4.28. The van der Waals surface area contributed by atoms with Gasteiger partial charge in [-0.3, -0.25) is 14.5 Å². The molecule has 0 bridgehead atoms. The SMILES string of the molecule is COc1ccc(CN2C(=O)c3cc(Br)cc(-c4c(F)ccc5c4C(=O)C4(CC4)N5C(N)=O)c3C2c2cc(F)ccc2Cl)cc1. The quantitative estimate of drug-likeness (QED) is 0.238. The van der Waals surface area contributed by atoms with Crippen molar-refractivity contribution in [3.05, 3.63) is 116 Å². The van der Waals surface area contributed by atoms with E-state index in [1.165, 1.54) is 35.2 Å². The normalized spacial score (nSPS) is 17.7. The van der Waals surface area contributed by atoms with E-state index < -0.39 is 35.0 Å². The minimum atomic E-state index is -1.15. The number of nitrogens with zero attached hydrogens (tertiary/aromatic N) is 2. The molecular weight excluding hydrogens is 656 g/mol. The number of nitrogens with two attached hydrogens (primary N) is 1. The smallest absolute Gasteiger partial charge is 0.320 e. The van der Waals surface area contributed by atoms with Crippen molar-refractivity contribution in [2.75, 3.05) is 12.0 Å². The van der Waals surface area contributed by atoms with Gasteiger partial charge in [-0.1, -0.05) is 39.7 Å². The van der Waals surface area contributed by atoms with Crippen LogP contribution in [0.4, 0.5) is 19.3 Å². The number of anilines is 1. The number of urea groups is 1. The second kappa shape index (κ2) is 10.1. The van der Waals surface area contributed by atoms with Crippen LogP contribution in [0.25, 0.3) is 11.1 Å². The Morgan fingerprint density at radius 1 is 1.02 bits per heavy atom. The molecule has 7 rings (SSSR count). The Bertz CT molecular complexity index is 1930. The molecule has 222 valence electrons. The van der Waals surface area contributed by atoms with Crippen LogP contribution in [0.15, 0.2) is 71.2 Å². The molecule has 0 radical (unpaired) electrons. The zero-order valence-electron chi connectivity index (χ0n) is 23.2. The number of benzene rings is 4. The minimum absolute atomic E-state index is 0.0201. The summed E-state index contributed by atoms with van der Waals surface area (Å²) in [7, 11) is 1.55. The molecule has 1 unspecified atom stereocenters. The van der Waals surface area contributed by atoms with Crippen LogP contribution in [0, 0.1) is 11.6 Å². The third kappa shape index (κ3) is 4.15. The predicted octanol–water partition coefficient (Wildman–Crippen LogP) is 7.42. The van der Waals surface area contributed by atoms with Gasteiger partial charge in [0, 0.05) is 32.7 Å². The summed E-state index contributed by atoms with van der Waals surface area (Å²) < 4.78 is 36.6. The molecule has 1 aliphatic carbocycles. The number of primary amides is 1. The number of hydrogen-bond donors (Lipinski definition) is 1. The van der Waals surface area contributed by atoms with Crippen LogP contribution in [0.5, 0.6) is 5.75 Å². The highest BCUT2D eigenvalue weighted by Crippen LogP contribution is 2.57. The second-order valence-electron chi connectivity index (χ2n) is 11.1. The lowest BCUT2D eigenvalue weighted by atomic mass is 9.86. The number of carbonyl (C=O) groups excluding carboxylic acids is 3. The molecule has 4 aromatic rings. The molecule has 44 heavy (non-hydrogen) atoms. The maximum absolute atomic E-state index is 16.1. The molecule has 4 aromatic carbocycles. The molecule has 2 aliphatic heterocycles. The van der Waals surface area contributed by atoms with Crippen LogP contribution in [0.3, 0.4) is 0 Å². The van der Waals surface area contributed by atoms with E-state index in [0.29, 0.717) is 34.2 Å². The van der Waals surface area contributed by atoms with Crippen LogP contribution in [-0.2, 0) is 6.54 Å². The van der Waals surface area contributed by atoms with Gasteiger partial charge in [-0.25, -0.2) is 13.6 Å². The first-order chi connectivity index (χ1) is 21.1. The Balaban J connectivity index is 1.48. The average molecular weight is 679 g/mol. The van der Waals surface area contributed by atoms with Gasteiger partial charge in [0.2, 0.25) is 0 Å². The number of carbonyl (C=O) groups is 3. The molecule has 0 saturated heterocycles. The Kier molecular flexibility index (Phi) is 6.56. The molecule has 1 atom stereocenters. The maximum atomic E-state index is 16.1. The molecule has 2 N–H and O–H groups in total. The second-order valence-corrected chi connectivity index (χ2v) is 12.4. The lowest BCUT2D eigenvalue weighted by molar-refractivity contribution is 0.0735. The van der Waals surface area contributed by atoms with Crippen molar-refractivity contribution in [3.63, 3.8) is 0 Å². The number of rotatable bonds is 5. The van der Waals surface area contributed by atoms with E-state index in [9.17, 15) is 18.8 Å². The van der Waals surface area contributed by atoms with Crippen molar-refractivity contribution in [1.29, 1.82) is 0 Å². The fourth-order valence-corrected chi connectivity index (χ4v) is 7.25. The number of fused-ring (bicyclic) bond motifs is 2. The van der Waals surface area contributed by atoms with Crippen LogP contribution in [0.1, 0.15) is 56.3 Å². The number of amides is 3. The van der Waals surface area contributed by atoms with Crippen molar-refractivity contribution >= 4 is 50.9 Å². The van der Waals surface area contributed by atoms with E-state index in [-0.39, 0.29) is 45.4 Å². The van der Waals surface area contributed by atoms with Crippen LogP contribution in [0.2, 0.25) is 5.02 Å². The fraction of sp³-hybridized carbons (Fsp3) is 0.182. The average Bonchev–Trinajstić information content (AvgIpc) is 3.69. The van der Waals surface area contributed by atoms with Crippen molar-refractivity contribution in [1.82, 2.24) is 4.90 Å². The largest absolute Gasteiger partial charge is 0.497 e. The van der Waals surface area contributed by atoms with Crippen LogP contribution in [-0.4, -0.2) is 35.3 Å². The van der Waals surface area contributed by atoms with E-state index in [1.807, 2.05) is 12.1 Å². The topological polar surface area (TPSA) is 92.9 Å². The molecule has 1 fully saturated rings.